The molecular formula is C14H23N3OS. The minimum absolute atomic E-state index is 0.118. The number of hydrogen-bond acceptors (Lipinski definition) is 5. The van der Waals surface area contributed by atoms with Gasteiger partial charge in [0.25, 0.3) is 0 Å². The van der Waals surface area contributed by atoms with Crippen LogP contribution in [0.1, 0.15) is 43.2 Å². The lowest BCUT2D eigenvalue weighted by Crippen LogP contribution is -2.47. The zero-order chi connectivity index (χ0) is 13.4. The van der Waals surface area contributed by atoms with Crippen LogP contribution in [0.2, 0.25) is 0 Å². The summed E-state index contributed by atoms with van der Waals surface area (Å²) >= 11 is 1.67. The van der Waals surface area contributed by atoms with E-state index in [1.807, 2.05) is 0 Å². The van der Waals surface area contributed by atoms with Crippen molar-refractivity contribution in [3.8, 4) is 0 Å². The van der Waals surface area contributed by atoms with Gasteiger partial charge in [-0.25, -0.2) is 4.98 Å². The quantitative estimate of drug-likeness (QED) is 0.917. The van der Waals surface area contributed by atoms with Crippen molar-refractivity contribution in [2.24, 2.45) is 0 Å². The first kappa shape index (κ1) is 13.3. The van der Waals surface area contributed by atoms with Gasteiger partial charge in [-0.15, -0.1) is 0 Å². The predicted octanol–water partition coefficient (Wildman–Crippen LogP) is 2.04. The fraction of sp³-hybridized carbons (Fsp3) is 0.786. The summed E-state index contributed by atoms with van der Waals surface area (Å²) in [6, 6.07) is 0.873. The zero-order valence-corrected chi connectivity index (χ0v) is 12.6. The minimum atomic E-state index is 0.118. The van der Waals surface area contributed by atoms with E-state index >= 15 is 0 Å². The van der Waals surface area contributed by atoms with Crippen molar-refractivity contribution in [1.29, 1.82) is 0 Å². The number of rotatable bonds is 4. The molecule has 0 atom stereocenters. The molecule has 3 rings (SSSR count). The van der Waals surface area contributed by atoms with Crippen LogP contribution >= 0.6 is 11.3 Å². The molecule has 2 fully saturated rings. The largest absolute Gasteiger partial charge is 0.391 e. The first-order valence-electron chi connectivity index (χ1n) is 7.28. The summed E-state index contributed by atoms with van der Waals surface area (Å²) in [7, 11) is 0. The monoisotopic (exact) mass is 281 g/mol. The van der Waals surface area contributed by atoms with E-state index in [1.165, 1.54) is 12.8 Å². The number of aliphatic hydroxyl groups excluding tert-OH is 1. The first-order chi connectivity index (χ1) is 9.19. The Kier molecular flexibility index (Phi) is 3.78. The van der Waals surface area contributed by atoms with Crippen LogP contribution in [0.15, 0.2) is 0 Å². The first-order valence-corrected chi connectivity index (χ1v) is 8.10. The SMILES string of the molecule is CC(C)c1nc(N2CCN(C3CC3)CC2)sc1CO. The number of aliphatic hydroxyl groups is 1. The lowest BCUT2D eigenvalue weighted by atomic mass is 10.1. The maximum atomic E-state index is 9.45. The van der Waals surface area contributed by atoms with E-state index in [0.29, 0.717) is 5.92 Å². The van der Waals surface area contributed by atoms with E-state index in [4.69, 9.17) is 4.98 Å². The third-order valence-electron chi connectivity index (χ3n) is 4.05. The number of nitrogens with zero attached hydrogens (tertiary/aromatic N) is 3. The van der Waals surface area contributed by atoms with E-state index in [-0.39, 0.29) is 6.61 Å². The van der Waals surface area contributed by atoms with E-state index in [0.717, 1.165) is 47.9 Å². The highest BCUT2D eigenvalue weighted by Gasteiger charge is 2.32. The maximum Gasteiger partial charge on any atom is 0.185 e. The standard InChI is InChI=1S/C14H23N3OS/c1-10(2)13-12(9-18)19-14(15-13)17-7-5-16(6-8-17)11-3-4-11/h10-11,18H,3-9H2,1-2H3. The zero-order valence-electron chi connectivity index (χ0n) is 11.8. The number of piperazine rings is 1. The van der Waals surface area contributed by atoms with Crippen LogP contribution in [0, 0.1) is 0 Å². The number of hydrogen-bond donors (Lipinski definition) is 1. The summed E-state index contributed by atoms with van der Waals surface area (Å²) in [5.74, 6) is 0.389. The molecule has 1 aliphatic carbocycles. The molecule has 1 aromatic heterocycles. The van der Waals surface area contributed by atoms with E-state index < -0.39 is 0 Å². The summed E-state index contributed by atoms with van der Waals surface area (Å²) in [6.07, 6.45) is 2.78. The van der Waals surface area contributed by atoms with Crippen LogP contribution in [-0.2, 0) is 6.61 Å². The molecule has 19 heavy (non-hydrogen) atoms. The summed E-state index contributed by atoms with van der Waals surface area (Å²) in [4.78, 5) is 10.8. The normalized spacial score (nSPS) is 21.4. The highest BCUT2D eigenvalue weighted by Crippen LogP contribution is 2.33. The Bertz CT molecular complexity index is 434. The Labute approximate surface area is 119 Å². The van der Waals surface area contributed by atoms with Crippen LogP contribution < -0.4 is 4.90 Å². The molecule has 0 amide bonds. The van der Waals surface area contributed by atoms with Gasteiger partial charge in [-0.2, -0.15) is 0 Å². The molecule has 0 spiro atoms. The fourth-order valence-corrected chi connectivity index (χ4v) is 3.89. The average molecular weight is 281 g/mol. The van der Waals surface area contributed by atoms with Crippen LogP contribution in [0.3, 0.4) is 0 Å². The maximum absolute atomic E-state index is 9.45. The highest BCUT2D eigenvalue weighted by atomic mass is 32.1. The van der Waals surface area contributed by atoms with Crippen molar-refractivity contribution in [3.63, 3.8) is 0 Å². The molecule has 106 valence electrons. The van der Waals surface area contributed by atoms with Gasteiger partial charge >= 0.3 is 0 Å². The molecule has 1 aliphatic heterocycles. The van der Waals surface area contributed by atoms with Crippen LogP contribution in [0.4, 0.5) is 5.13 Å². The molecule has 5 heteroatoms. The fourth-order valence-electron chi connectivity index (χ4n) is 2.77. The summed E-state index contributed by atoms with van der Waals surface area (Å²) < 4.78 is 0. The van der Waals surface area contributed by atoms with Crippen molar-refractivity contribution in [2.75, 3.05) is 31.1 Å². The molecule has 1 saturated carbocycles. The second kappa shape index (κ2) is 5.38. The van der Waals surface area contributed by atoms with E-state index in [2.05, 4.69) is 23.6 Å². The molecule has 1 N–H and O–H groups in total. The van der Waals surface area contributed by atoms with Gasteiger partial charge in [0, 0.05) is 32.2 Å². The third-order valence-corrected chi connectivity index (χ3v) is 5.17. The molecule has 2 aliphatic rings. The van der Waals surface area contributed by atoms with Gasteiger partial charge in [0.15, 0.2) is 5.13 Å². The Morgan fingerprint density at radius 3 is 2.42 bits per heavy atom. The lowest BCUT2D eigenvalue weighted by Gasteiger charge is -2.34. The van der Waals surface area contributed by atoms with Crippen molar-refractivity contribution >= 4 is 16.5 Å². The Balaban J connectivity index is 1.68. The number of thiazole rings is 1. The second-order valence-corrected chi connectivity index (χ2v) is 6.93. The molecule has 0 aromatic carbocycles. The number of aromatic nitrogens is 1. The second-order valence-electron chi connectivity index (χ2n) is 5.87. The molecule has 4 nitrogen and oxygen atoms in total. The number of anilines is 1. The average Bonchev–Trinajstić information content (AvgIpc) is 3.17. The molecule has 2 heterocycles. The van der Waals surface area contributed by atoms with Crippen LogP contribution in [0.5, 0.6) is 0 Å². The topological polar surface area (TPSA) is 39.6 Å². The Morgan fingerprint density at radius 1 is 1.26 bits per heavy atom. The van der Waals surface area contributed by atoms with Gasteiger partial charge < -0.3 is 10.0 Å². The van der Waals surface area contributed by atoms with E-state index in [1.54, 1.807) is 11.3 Å². The minimum Gasteiger partial charge on any atom is -0.391 e. The molecule has 1 saturated heterocycles. The third kappa shape index (κ3) is 2.78. The van der Waals surface area contributed by atoms with Gasteiger partial charge in [-0.1, -0.05) is 25.2 Å². The van der Waals surface area contributed by atoms with Crippen LogP contribution in [-0.4, -0.2) is 47.2 Å². The highest BCUT2D eigenvalue weighted by molar-refractivity contribution is 7.15. The smallest absolute Gasteiger partial charge is 0.185 e. The summed E-state index contributed by atoms with van der Waals surface area (Å²) in [5.41, 5.74) is 1.08. The van der Waals surface area contributed by atoms with Crippen LogP contribution in [0.25, 0.3) is 0 Å². The summed E-state index contributed by atoms with van der Waals surface area (Å²) in [5, 5.41) is 10.5. The van der Waals surface area contributed by atoms with Gasteiger partial charge in [-0.05, 0) is 18.8 Å². The Hall–Kier alpha value is -0.650. The van der Waals surface area contributed by atoms with Crippen molar-refractivity contribution in [1.82, 2.24) is 9.88 Å². The molecule has 0 unspecified atom stereocenters. The lowest BCUT2D eigenvalue weighted by molar-refractivity contribution is 0.248. The van der Waals surface area contributed by atoms with Gasteiger partial charge in [0.2, 0.25) is 0 Å². The predicted molar refractivity (Wildman–Crippen MR) is 78.9 cm³/mol. The molecular weight excluding hydrogens is 258 g/mol. The molecule has 0 radical (unpaired) electrons. The summed E-state index contributed by atoms with van der Waals surface area (Å²) in [6.45, 7) is 8.88. The van der Waals surface area contributed by atoms with Gasteiger partial charge in [0.1, 0.15) is 0 Å². The van der Waals surface area contributed by atoms with Crippen molar-refractivity contribution in [3.05, 3.63) is 10.6 Å². The van der Waals surface area contributed by atoms with Crippen molar-refractivity contribution < 1.29 is 5.11 Å². The molecule has 1 aromatic rings. The van der Waals surface area contributed by atoms with E-state index in [9.17, 15) is 5.11 Å². The van der Waals surface area contributed by atoms with Gasteiger partial charge in [0.05, 0.1) is 17.2 Å². The molecule has 0 bridgehead atoms. The van der Waals surface area contributed by atoms with Crippen molar-refractivity contribution in [2.45, 2.75) is 45.3 Å². The van der Waals surface area contributed by atoms with Gasteiger partial charge in [-0.3, -0.25) is 4.90 Å². The Morgan fingerprint density at radius 2 is 1.95 bits per heavy atom.